The molecule has 4 rings (SSSR count). The Hall–Kier alpha value is -2.96. The fourth-order valence-corrected chi connectivity index (χ4v) is 3.21. The number of para-hydroxylation sites is 1. The summed E-state index contributed by atoms with van der Waals surface area (Å²) in [6.45, 7) is 2.85. The lowest BCUT2D eigenvalue weighted by Crippen LogP contribution is -2.39. The van der Waals surface area contributed by atoms with E-state index in [1.807, 2.05) is 0 Å². The fourth-order valence-electron chi connectivity index (χ4n) is 3.21. The summed E-state index contributed by atoms with van der Waals surface area (Å²) < 4.78 is 10.9. The van der Waals surface area contributed by atoms with E-state index in [0.29, 0.717) is 35.8 Å². The Labute approximate surface area is 143 Å². The number of likely N-dealkylation sites (tertiary alicyclic amines) is 1. The molecule has 0 bridgehead atoms. The van der Waals surface area contributed by atoms with Crippen LogP contribution in [0.2, 0.25) is 0 Å². The number of aromatic nitrogens is 2. The van der Waals surface area contributed by atoms with Gasteiger partial charge in [0.05, 0.1) is 11.3 Å². The molecule has 7 nitrogen and oxygen atoms in total. The molecule has 1 fully saturated rings. The van der Waals surface area contributed by atoms with Crippen molar-refractivity contribution in [3.8, 4) is 0 Å². The van der Waals surface area contributed by atoms with Gasteiger partial charge < -0.3 is 13.8 Å². The van der Waals surface area contributed by atoms with E-state index in [9.17, 15) is 9.59 Å². The first kappa shape index (κ1) is 15.6. The highest BCUT2D eigenvalue weighted by atomic mass is 16.5. The van der Waals surface area contributed by atoms with E-state index in [-0.39, 0.29) is 23.0 Å². The molecular formula is C18H17N3O4. The van der Waals surface area contributed by atoms with Gasteiger partial charge >= 0.3 is 0 Å². The van der Waals surface area contributed by atoms with Crippen LogP contribution in [0.1, 0.15) is 41.0 Å². The lowest BCUT2D eigenvalue weighted by Gasteiger charge is -2.30. The normalized spacial score (nSPS) is 17.8. The lowest BCUT2D eigenvalue weighted by molar-refractivity contribution is 0.0664. The standard InChI is InChI=1S/C18H17N3O4/c1-11-19-17(25-20-11)12-5-4-8-21(10-12)18(23)16-9-14(22)13-6-2-3-7-15(13)24-16/h2-3,6-7,9,12H,4-5,8,10H2,1H3. The number of carbonyl (C=O) groups is 1. The monoisotopic (exact) mass is 339 g/mol. The van der Waals surface area contributed by atoms with E-state index < -0.39 is 0 Å². The zero-order valence-electron chi connectivity index (χ0n) is 13.8. The number of nitrogens with zero attached hydrogens (tertiary/aromatic N) is 3. The second-order valence-corrected chi connectivity index (χ2v) is 6.24. The van der Waals surface area contributed by atoms with E-state index in [1.54, 1.807) is 36.1 Å². The lowest BCUT2D eigenvalue weighted by atomic mass is 9.97. The van der Waals surface area contributed by atoms with E-state index in [0.717, 1.165) is 12.8 Å². The molecule has 1 amide bonds. The van der Waals surface area contributed by atoms with Crippen molar-refractivity contribution in [2.24, 2.45) is 0 Å². The Morgan fingerprint density at radius 3 is 2.96 bits per heavy atom. The smallest absolute Gasteiger partial charge is 0.289 e. The van der Waals surface area contributed by atoms with Crippen molar-refractivity contribution >= 4 is 16.9 Å². The predicted octanol–water partition coefficient (Wildman–Crippen LogP) is 2.50. The molecule has 1 atom stereocenters. The third-order valence-electron chi connectivity index (χ3n) is 4.45. The quantitative estimate of drug-likeness (QED) is 0.712. The number of amides is 1. The van der Waals surface area contributed by atoms with Gasteiger partial charge in [-0.3, -0.25) is 9.59 Å². The Morgan fingerprint density at radius 1 is 1.32 bits per heavy atom. The van der Waals surface area contributed by atoms with Crippen LogP contribution in [0, 0.1) is 6.92 Å². The fraction of sp³-hybridized carbons (Fsp3) is 0.333. The largest absolute Gasteiger partial charge is 0.451 e. The molecule has 3 heterocycles. The number of rotatable bonds is 2. The summed E-state index contributed by atoms with van der Waals surface area (Å²) in [6.07, 6.45) is 1.71. The van der Waals surface area contributed by atoms with Crippen molar-refractivity contribution in [3.05, 3.63) is 58.0 Å². The van der Waals surface area contributed by atoms with Crippen LogP contribution in [0.3, 0.4) is 0 Å². The first-order valence-electron chi connectivity index (χ1n) is 8.24. The zero-order chi connectivity index (χ0) is 17.4. The Balaban J connectivity index is 1.61. The topological polar surface area (TPSA) is 89.4 Å². The van der Waals surface area contributed by atoms with E-state index in [2.05, 4.69) is 10.1 Å². The second kappa shape index (κ2) is 6.16. The Kier molecular flexibility index (Phi) is 3.83. The summed E-state index contributed by atoms with van der Waals surface area (Å²) in [5.74, 6) is 0.912. The SMILES string of the molecule is Cc1noc(C2CCCN(C(=O)c3cc(=O)c4ccccc4o3)C2)n1. The van der Waals surface area contributed by atoms with Gasteiger partial charge in [0.25, 0.3) is 5.91 Å². The maximum Gasteiger partial charge on any atom is 0.289 e. The first-order chi connectivity index (χ1) is 12.1. The van der Waals surface area contributed by atoms with Gasteiger partial charge in [-0.15, -0.1) is 0 Å². The van der Waals surface area contributed by atoms with Crippen molar-refractivity contribution < 1.29 is 13.7 Å². The maximum absolute atomic E-state index is 12.8. The number of aryl methyl sites for hydroxylation is 1. The average molecular weight is 339 g/mol. The number of fused-ring (bicyclic) bond motifs is 1. The van der Waals surface area contributed by atoms with E-state index in [1.165, 1.54) is 6.07 Å². The van der Waals surface area contributed by atoms with Crippen LogP contribution in [0.5, 0.6) is 0 Å². The highest BCUT2D eigenvalue weighted by Crippen LogP contribution is 2.26. The molecule has 1 unspecified atom stereocenters. The Morgan fingerprint density at radius 2 is 2.16 bits per heavy atom. The van der Waals surface area contributed by atoms with Crippen LogP contribution in [-0.4, -0.2) is 34.0 Å². The molecule has 1 aliphatic rings. The van der Waals surface area contributed by atoms with Crippen LogP contribution in [0.4, 0.5) is 0 Å². The van der Waals surface area contributed by atoms with Crippen LogP contribution in [0.25, 0.3) is 11.0 Å². The first-order valence-corrected chi connectivity index (χ1v) is 8.24. The van der Waals surface area contributed by atoms with Gasteiger partial charge in [0.2, 0.25) is 5.89 Å². The second-order valence-electron chi connectivity index (χ2n) is 6.24. The van der Waals surface area contributed by atoms with Crippen molar-refractivity contribution in [2.45, 2.75) is 25.7 Å². The minimum absolute atomic E-state index is 0.00563. The van der Waals surface area contributed by atoms with Gasteiger partial charge in [0.1, 0.15) is 5.58 Å². The van der Waals surface area contributed by atoms with Crippen molar-refractivity contribution in [1.82, 2.24) is 15.0 Å². The zero-order valence-corrected chi connectivity index (χ0v) is 13.8. The third kappa shape index (κ3) is 2.93. The minimum Gasteiger partial charge on any atom is -0.451 e. The van der Waals surface area contributed by atoms with Crippen molar-refractivity contribution in [3.63, 3.8) is 0 Å². The van der Waals surface area contributed by atoms with Gasteiger partial charge in [-0.25, -0.2) is 0 Å². The molecular weight excluding hydrogens is 322 g/mol. The molecule has 1 aliphatic heterocycles. The number of hydrogen-bond acceptors (Lipinski definition) is 6. The predicted molar refractivity (Wildman–Crippen MR) is 89.4 cm³/mol. The van der Waals surface area contributed by atoms with Crippen LogP contribution >= 0.6 is 0 Å². The number of hydrogen-bond donors (Lipinski definition) is 0. The third-order valence-corrected chi connectivity index (χ3v) is 4.45. The van der Waals surface area contributed by atoms with Crippen LogP contribution < -0.4 is 5.43 Å². The molecule has 7 heteroatoms. The Bertz CT molecular complexity index is 991. The van der Waals surface area contributed by atoms with Gasteiger partial charge in [-0.2, -0.15) is 4.98 Å². The molecule has 25 heavy (non-hydrogen) atoms. The van der Waals surface area contributed by atoms with Gasteiger partial charge in [-0.05, 0) is 31.9 Å². The molecule has 0 radical (unpaired) electrons. The van der Waals surface area contributed by atoms with Crippen LogP contribution in [-0.2, 0) is 0 Å². The number of benzene rings is 1. The molecule has 128 valence electrons. The van der Waals surface area contributed by atoms with Crippen molar-refractivity contribution in [2.75, 3.05) is 13.1 Å². The molecule has 0 aliphatic carbocycles. The molecule has 2 aromatic heterocycles. The summed E-state index contributed by atoms with van der Waals surface area (Å²) in [4.78, 5) is 31.0. The van der Waals surface area contributed by atoms with Gasteiger partial charge in [0, 0.05) is 19.2 Å². The summed E-state index contributed by atoms with van der Waals surface area (Å²) >= 11 is 0. The van der Waals surface area contributed by atoms with E-state index in [4.69, 9.17) is 8.94 Å². The summed E-state index contributed by atoms with van der Waals surface area (Å²) in [5, 5.41) is 4.29. The average Bonchev–Trinajstić information content (AvgIpc) is 3.08. The maximum atomic E-state index is 12.8. The molecule has 0 spiro atoms. The highest BCUT2D eigenvalue weighted by molar-refractivity contribution is 5.93. The van der Waals surface area contributed by atoms with Crippen LogP contribution in [0.15, 0.2) is 44.1 Å². The van der Waals surface area contributed by atoms with Crippen molar-refractivity contribution in [1.29, 1.82) is 0 Å². The number of piperidine rings is 1. The van der Waals surface area contributed by atoms with Gasteiger partial charge in [0.15, 0.2) is 17.0 Å². The molecule has 1 aromatic carbocycles. The van der Waals surface area contributed by atoms with E-state index >= 15 is 0 Å². The number of carbonyl (C=O) groups excluding carboxylic acids is 1. The molecule has 1 saturated heterocycles. The summed E-state index contributed by atoms with van der Waals surface area (Å²) in [6, 6.07) is 8.18. The minimum atomic E-state index is -0.288. The van der Waals surface area contributed by atoms with Gasteiger partial charge in [-0.1, -0.05) is 17.3 Å². The molecule has 0 N–H and O–H groups in total. The summed E-state index contributed by atoms with van der Waals surface area (Å²) in [5.41, 5.74) is 0.200. The molecule has 3 aromatic rings. The highest BCUT2D eigenvalue weighted by Gasteiger charge is 2.30. The summed E-state index contributed by atoms with van der Waals surface area (Å²) in [7, 11) is 0. The molecule has 0 saturated carbocycles.